The third-order valence-electron chi connectivity index (χ3n) is 5.22. The zero-order valence-corrected chi connectivity index (χ0v) is 12.6. The minimum atomic E-state index is -0.0955. The summed E-state index contributed by atoms with van der Waals surface area (Å²) in [5.74, 6) is 2.47. The van der Waals surface area contributed by atoms with Crippen molar-refractivity contribution in [1.29, 1.82) is 0 Å². The fourth-order valence-corrected chi connectivity index (χ4v) is 3.89. The zero-order valence-electron chi connectivity index (χ0n) is 12.6. The molecule has 1 aromatic heterocycles. The van der Waals surface area contributed by atoms with E-state index in [0.717, 1.165) is 31.2 Å². The van der Waals surface area contributed by atoms with E-state index in [1.807, 2.05) is 14.0 Å². The number of nitrogens with zero attached hydrogens (tertiary/aromatic N) is 4. The average molecular weight is 278 g/mol. The molecule has 5 nitrogen and oxygen atoms in total. The summed E-state index contributed by atoms with van der Waals surface area (Å²) in [4.78, 5) is 2.53. The molecule has 1 aliphatic carbocycles. The summed E-state index contributed by atoms with van der Waals surface area (Å²) in [6, 6.07) is 0.526. The van der Waals surface area contributed by atoms with E-state index < -0.39 is 0 Å². The highest BCUT2D eigenvalue weighted by Crippen LogP contribution is 2.35. The minimum Gasteiger partial charge on any atom is -0.393 e. The smallest absolute Gasteiger partial charge is 0.146 e. The third kappa shape index (κ3) is 2.61. The Bertz CT molecular complexity index is 459. The van der Waals surface area contributed by atoms with Crippen LogP contribution in [0.3, 0.4) is 0 Å². The quantitative estimate of drug-likeness (QED) is 0.913. The Morgan fingerprint density at radius 3 is 2.65 bits per heavy atom. The maximum Gasteiger partial charge on any atom is 0.146 e. The molecular weight excluding hydrogens is 252 g/mol. The van der Waals surface area contributed by atoms with Crippen molar-refractivity contribution in [3.8, 4) is 0 Å². The lowest BCUT2D eigenvalue weighted by Gasteiger charge is -2.40. The Balaban J connectivity index is 1.73. The Morgan fingerprint density at radius 1 is 1.15 bits per heavy atom. The van der Waals surface area contributed by atoms with Gasteiger partial charge in [0.15, 0.2) is 0 Å². The zero-order chi connectivity index (χ0) is 14.1. The maximum absolute atomic E-state index is 10.2. The first-order chi connectivity index (χ1) is 9.66. The molecule has 112 valence electrons. The molecular formula is C15H26N4O. The Kier molecular flexibility index (Phi) is 4.08. The summed E-state index contributed by atoms with van der Waals surface area (Å²) in [5, 5.41) is 18.7. The third-order valence-corrected chi connectivity index (χ3v) is 5.22. The van der Waals surface area contributed by atoms with Gasteiger partial charge in [0, 0.05) is 19.0 Å². The van der Waals surface area contributed by atoms with Gasteiger partial charge in [0.1, 0.15) is 11.6 Å². The van der Waals surface area contributed by atoms with Crippen molar-refractivity contribution < 1.29 is 5.11 Å². The van der Waals surface area contributed by atoms with Crippen LogP contribution in [0.5, 0.6) is 0 Å². The molecule has 0 radical (unpaired) electrons. The lowest BCUT2D eigenvalue weighted by molar-refractivity contribution is 0.0295. The molecule has 20 heavy (non-hydrogen) atoms. The summed E-state index contributed by atoms with van der Waals surface area (Å²) < 4.78 is 2.08. The molecule has 2 aliphatic rings. The monoisotopic (exact) mass is 278 g/mol. The highest BCUT2D eigenvalue weighted by Gasteiger charge is 2.37. The summed E-state index contributed by atoms with van der Waals surface area (Å²) >= 11 is 0. The first-order valence-corrected chi connectivity index (χ1v) is 7.94. The van der Waals surface area contributed by atoms with Crippen LogP contribution >= 0.6 is 0 Å². The minimum absolute atomic E-state index is 0.0955. The highest BCUT2D eigenvalue weighted by atomic mass is 16.3. The molecule has 1 saturated carbocycles. The van der Waals surface area contributed by atoms with Gasteiger partial charge < -0.3 is 9.67 Å². The van der Waals surface area contributed by atoms with Crippen LogP contribution in [0.4, 0.5) is 0 Å². The van der Waals surface area contributed by atoms with E-state index in [9.17, 15) is 5.11 Å². The summed E-state index contributed by atoms with van der Waals surface area (Å²) in [6.07, 6.45) is 7.02. The second kappa shape index (κ2) is 5.82. The van der Waals surface area contributed by atoms with E-state index in [-0.39, 0.29) is 6.10 Å². The molecule has 0 bridgehead atoms. The van der Waals surface area contributed by atoms with E-state index in [1.54, 1.807) is 0 Å². The SMILES string of the molecule is Cc1nnc(CN2CCCCC2C2CCCC2O)n1C. The first-order valence-electron chi connectivity index (χ1n) is 7.94. The largest absolute Gasteiger partial charge is 0.393 e. The van der Waals surface area contributed by atoms with Gasteiger partial charge in [-0.3, -0.25) is 4.90 Å². The molecule has 1 saturated heterocycles. The normalized spacial score (nSPS) is 31.9. The molecule has 1 N–H and O–H groups in total. The molecule has 1 aliphatic heterocycles. The van der Waals surface area contributed by atoms with Crippen molar-refractivity contribution >= 4 is 0 Å². The van der Waals surface area contributed by atoms with E-state index in [1.165, 1.54) is 32.1 Å². The van der Waals surface area contributed by atoms with Gasteiger partial charge in [-0.15, -0.1) is 10.2 Å². The predicted octanol–water partition coefficient (Wildman–Crippen LogP) is 1.64. The average Bonchev–Trinajstić information content (AvgIpc) is 3.00. The number of likely N-dealkylation sites (tertiary alicyclic amines) is 1. The first kappa shape index (κ1) is 14.0. The van der Waals surface area contributed by atoms with Gasteiger partial charge in [-0.2, -0.15) is 0 Å². The van der Waals surface area contributed by atoms with Crippen LogP contribution in [0.15, 0.2) is 0 Å². The van der Waals surface area contributed by atoms with E-state index >= 15 is 0 Å². The van der Waals surface area contributed by atoms with Crippen molar-refractivity contribution in [2.75, 3.05) is 6.54 Å². The molecule has 3 rings (SSSR count). The maximum atomic E-state index is 10.2. The fraction of sp³-hybridized carbons (Fsp3) is 0.867. The van der Waals surface area contributed by atoms with Gasteiger partial charge in [-0.1, -0.05) is 12.8 Å². The van der Waals surface area contributed by atoms with Crippen molar-refractivity contribution in [1.82, 2.24) is 19.7 Å². The van der Waals surface area contributed by atoms with Gasteiger partial charge in [-0.05, 0) is 39.2 Å². The van der Waals surface area contributed by atoms with E-state index in [0.29, 0.717) is 12.0 Å². The van der Waals surface area contributed by atoms with Crippen LogP contribution in [0, 0.1) is 12.8 Å². The Hall–Kier alpha value is -0.940. The van der Waals surface area contributed by atoms with Crippen LogP contribution < -0.4 is 0 Å². The number of hydrogen-bond donors (Lipinski definition) is 1. The van der Waals surface area contributed by atoms with Gasteiger partial charge in [0.05, 0.1) is 12.6 Å². The molecule has 0 amide bonds. The number of hydrogen-bond acceptors (Lipinski definition) is 4. The molecule has 3 unspecified atom stereocenters. The lowest BCUT2D eigenvalue weighted by atomic mass is 9.88. The fourth-order valence-electron chi connectivity index (χ4n) is 3.89. The van der Waals surface area contributed by atoms with Crippen molar-refractivity contribution in [2.24, 2.45) is 13.0 Å². The summed E-state index contributed by atoms with van der Waals surface area (Å²) in [7, 11) is 2.04. The van der Waals surface area contributed by atoms with E-state index in [4.69, 9.17) is 0 Å². The standard InChI is InChI=1S/C15H26N4O/c1-11-16-17-15(18(11)2)10-19-9-4-3-7-13(19)12-6-5-8-14(12)20/h12-14,20H,3-10H2,1-2H3. The predicted molar refractivity (Wildman–Crippen MR) is 77.1 cm³/mol. The Morgan fingerprint density at radius 2 is 2.00 bits per heavy atom. The molecule has 0 aromatic carbocycles. The van der Waals surface area contributed by atoms with Crippen molar-refractivity contribution in [3.63, 3.8) is 0 Å². The van der Waals surface area contributed by atoms with Crippen LogP contribution in [0.1, 0.15) is 50.2 Å². The van der Waals surface area contributed by atoms with Gasteiger partial charge >= 0.3 is 0 Å². The lowest BCUT2D eigenvalue weighted by Crippen LogP contribution is -2.46. The molecule has 2 heterocycles. The van der Waals surface area contributed by atoms with Crippen LogP contribution in [-0.4, -0.2) is 43.5 Å². The topological polar surface area (TPSA) is 54.2 Å². The molecule has 5 heteroatoms. The second-order valence-electron chi connectivity index (χ2n) is 6.42. The van der Waals surface area contributed by atoms with Crippen molar-refractivity contribution in [3.05, 3.63) is 11.6 Å². The number of aromatic nitrogens is 3. The molecule has 0 spiro atoms. The highest BCUT2D eigenvalue weighted by molar-refractivity contribution is 4.96. The number of aliphatic hydroxyl groups is 1. The number of rotatable bonds is 3. The van der Waals surface area contributed by atoms with Gasteiger partial charge in [0.2, 0.25) is 0 Å². The number of piperidine rings is 1. The Labute approximate surface area is 121 Å². The molecule has 1 aromatic rings. The second-order valence-corrected chi connectivity index (χ2v) is 6.42. The van der Waals surface area contributed by atoms with Crippen molar-refractivity contribution in [2.45, 2.75) is 64.1 Å². The van der Waals surface area contributed by atoms with Crippen LogP contribution in [0.2, 0.25) is 0 Å². The summed E-state index contributed by atoms with van der Waals surface area (Å²) in [6.45, 7) is 3.98. The van der Waals surface area contributed by atoms with Crippen LogP contribution in [0.25, 0.3) is 0 Å². The van der Waals surface area contributed by atoms with Gasteiger partial charge in [0.25, 0.3) is 0 Å². The number of aliphatic hydroxyl groups excluding tert-OH is 1. The molecule has 2 fully saturated rings. The van der Waals surface area contributed by atoms with Crippen LogP contribution in [-0.2, 0) is 13.6 Å². The summed E-state index contributed by atoms with van der Waals surface area (Å²) in [5.41, 5.74) is 0. The number of aryl methyl sites for hydroxylation is 1. The van der Waals surface area contributed by atoms with E-state index in [2.05, 4.69) is 19.7 Å². The molecule has 3 atom stereocenters. The van der Waals surface area contributed by atoms with Gasteiger partial charge in [-0.25, -0.2) is 0 Å².